The lowest BCUT2D eigenvalue weighted by atomic mass is 9.78. The van der Waals surface area contributed by atoms with Gasteiger partial charge in [-0.1, -0.05) is 18.1 Å². The summed E-state index contributed by atoms with van der Waals surface area (Å²) >= 11 is 0. The Morgan fingerprint density at radius 2 is 1.83 bits per heavy atom. The standard InChI is InChI=1S/C15H17NO2/c1-2-11-3-5-12(6-4-11)15(17)7-13-9-18-10-14(8-15)16-13/h1,3-6,13-14,16-17H,7-10H2. The number of hydrogen-bond donors (Lipinski definition) is 2. The Bertz CT molecular complexity index is 462. The minimum Gasteiger partial charge on any atom is -0.385 e. The van der Waals surface area contributed by atoms with E-state index in [1.807, 2.05) is 24.3 Å². The summed E-state index contributed by atoms with van der Waals surface area (Å²) in [5.41, 5.74) is 1.05. The molecule has 94 valence electrons. The highest BCUT2D eigenvalue weighted by Gasteiger charge is 2.42. The topological polar surface area (TPSA) is 41.5 Å². The number of rotatable bonds is 1. The maximum atomic E-state index is 10.9. The Morgan fingerprint density at radius 1 is 1.22 bits per heavy atom. The Balaban J connectivity index is 1.87. The molecule has 0 amide bonds. The van der Waals surface area contributed by atoms with Gasteiger partial charge >= 0.3 is 0 Å². The predicted molar refractivity (Wildman–Crippen MR) is 69.0 cm³/mol. The number of ether oxygens (including phenoxy) is 1. The van der Waals surface area contributed by atoms with Crippen molar-refractivity contribution in [1.29, 1.82) is 0 Å². The van der Waals surface area contributed by atoms with Crippen LogP contribution in [-0.4, -0.2) is 30.4 Å². The van der Waals surface area contributed by atoms with E-state index in [9.17, 15) is 5.11 Å². The maximum Gasteiger partial charge on any atom is 0.0928 e. The Kier molecular flexibility index (Phi) is 2.87. The average Bonchev–Trinajstić information content (AvgIpc) is 2.38. The summed E-state index contributed by atoms with van der Waals surface area (Å²) in [4.78, 5) is 0. The number of fused-ring (bicyclic) bond motifs is 2. The van der Waals surface area contributed by atoms with E-state index in [1.165, 1.54) is 0 Å². The van der Waals surface area contributed by atoms with Crippen LogP contribution in [0.1, 0.15) is 24.0 Å². The molecule has 2 aliphatic rings. The first-order chi connectivity index (χ1) is 8.69. The number of aliphatic hydroxyl groups is 1. The molecular weight excluding hydrogens is 226 g/mol. The molecule has 0 saturated carbocycles. The van der Waals surface area contributed by atoms with E-state index >= 15 is 0 Å². The van der Waals surface area contributed by atoms with Crippen molar-refractivity contribution in [2.45, 2.75) is 30.5 Å². The van der Waals surface area contributed by atoms with Gasteiger partial charge in [0.1, 0.15) is 0 Å². The highest BCUT2D eigenvalue weighted by Crippen LogP contribution is 2.36. The third-order valence-corrected chi connectivity index (χ3v) is 3.87. The van der Waals surface area contributed by atoms with E-state index in [0.29, 0.717) is 26.1 Å². The van der Waals surface area contributed by atoms with Crippen LogP contribution in [0.5, 0.6) is 0 Å². The van der Waals surface area contributed by atoms with Crippen LogP contribution >= 0.6 is 0 Å². The molecule has 2 aliphatic heterocycles. The molecule has 1 aromatic carbocycles. The summed E-state index contributed by atoms with van der Waals surface area (Å²) in [5, 5.41) is 14.3. The largest absolute Gasteiger partial charge is 0.385 e. The molecule has 2 saturated heterocycles. The van der Waals surface area contributed by atoms with Gasteiger partial charge in [-0.15, -0.1) is 6.42 Å². The van der Waals surface area contributed by atoms with E-state index in [0.717, 1.165) is 11.1 Å². The van der Waals surface area contributed by atoms with E-state index in [2.05, 4.69) is 11.2 Å². The van der Waals surface area contributed by atoms with Crippen LogP contribution in [-0.2, 0) is 10.3 Å². The molecule has 0 aliphatic carbocycles. The summed E-state index contributed by atoms with van der Waals surface area (Å²) in [6.45, 7) is 1.36. The first kappa shape index (κ1) is 11.7. The minimum atomic E-state index is -0.752. The highest BCUT2D eigenvalue weighted by molar-refractivity contribution is 5.36. The van der Waals surface area contributed by atoms with Crippen LogP contribution < -0.4 is 5.32 Å². The van der Waals surface area contributed by atoms with Crippen LogP contribution in [0.4, 0.5) is 0 Å². The second-order valence-corrected chi connectivity index (χ2v) is 5.26. The molecule has 0 radical (unpaired) electrons. The van der Waals surface area contributed by atoms with Gasteiger partial charge in [-0.25, -0.2) is 0 Å². The van der Waals surface area contributed by atoms with Gasteiger partial charge in [0.05, 0.1) is 18.8 Å². The minimum absolute atomic E-state index is 0.245. The molecule has 0 spiro atoms. The summed E-state index contributed by atoms with van der Waals surface area (Å²) in [7, 11) is 0. The van der Waals surface area contributed by atoms with Gasteiger partial charge in [0, 0.05) is 17.6 Å². The fourth-order valence-corrected chi connectivity index (χ4v) is 3.03. The van der Waals surface area contributed by atoms with Crippen molar-refractivity contribution in [3.05, 3.63) is 35.4 Å². The first-order valence-electron chi connectivity index (χ1n) is 6.33. The number of nitrogens with one attached hydrogen (secondary N) is 1. The average molecular weight is 243 g/mol. The summed E-state index contributed by atoms with van der Waals surface area (Å²) < 4.78 is 5.50. The van der Waals surface area contributed by atoms with Gasteiger partial charge in [-0.05, 0) is 30.5 Å². The molecule has 2 heterocycles. The molecule has 2 fully saturated rings. The van der Waals surface area contributed by atoms with Crippen LogP contribution in [0.25, 0.3) is 0 Å². The van der Waals surface area contributed by atoms with Gasteiger partial charge in [-0.3, -0.25) is 0 Å². The zero-order chi connectivity index (χ0) is 12.6. The second kappa shape index (κ2) is 4.40. The molecule has 3 rings (SSSR count). The number of morpholine rings is 1. The lowest BCUT2D eigenvalue weighted by Crippen LogP contribution is -2.58. The monoisotopic (exact) mass is 243 g/mol. The summed E-state index contributed by atoms with van der Waals surface area (Å²) in [6.07, 6.45) is 6.73. The Hall–Kier alpha value is -1.34. The van der Waals surface area contributed by atoms with E-state index in [4.69, 9.17) is 11.2 Å². The molecule has 2 unspecified atom stereocenters. The van der Waals surface area contributed by atoms with E-state index < -0.39 is 5.60 Å². The van der Waals surface area contributed by atoms with Crippen molar-refractivity contribution in [1.82, 2.24) is 5.32 Å². The number of benzene rings is 1. The maximum absolute atomic E-state index is 10.9. The van der Waals surface area contributed by atoms with Crippen LogP contribution in [0.15, 0.2) is 24.3 Å². The summed E-state index contributed by atoms with van der Waals surface area (Å²) in [6, 6.07) is 8.15. The quantitative estimate of drug-likeness (QED) is 0.723. The molecule has 2 bridgehead atoms. The zero-order valence-corrected chi connectivity index (χ0v) is 10.2. The Labute approximate surface area is 107 Å². The lowest BCUT2D eigenvalue weighted by Gasteiger charge is -2.45. The van der Waals surface area contributed by atoms with Crippen molar-refractivity contribution in [3.8, 4) is 12.3 Å². The zero-order valence-electron chi connectivity index (χ0n) is 10.2. The third kappa shape index (κ3) is 2.04. The highest BCUT2D eigenvalue weighted by atomic mass is 16.5. The Morgan fingerprint density at radius 3 is 2.39 bits per heavy atom. The van der Waals surface area contributed by atoms with Crippen molar-refractivity contribution >= 4 is 0 Å². The number of hydrogen-bond acceptors (Lipinski definition) is 3. The normalized spacial score (nSPS) is 34.9. The van der Waals surface area contributed by atoms with E-state index in [-0.39, 0.29) is 12.1 Å². The van der Waals surface area contributed by atoms with Crippen LogP contribution in [0.3, 0.4) is 0 Å². The van der Waals surface area contributed by atoms with Crippen LogP contribution in [0.2, 0.25) is 0 Å². The molecule has 3 nitrogen and oxygen atoms in total. The van der Waals surface area contributed by atoms with Crippen molar-refractivity contribution < 1.29 is 9.84 Å². The van der Waals surface area contributed by atoms with Gasteiger partial charge in [-0.2, -0.15) is 0 Å². The molecular formula is C15H17NO2. The van der Waals surface area contributed by atoms with Crippen molar-refractivity contribution in [3.63, 3.8) is 0 Å². The molecule has 0 aromatic heterocycles. The smallest absolute Gasteiger partial charge is 0.0928 e. The first-order valence-corrected chi connectivity index (χ1v) is 6.33. The van der Waals surface area contributed by atoms with Crippen molar-refractivity contribution in [2.75, 3.05) is 13.2 Å². The molecule has 1 aromatic rings. The van der Waals surface area contributed by atoms with E-state index in [1.54, 1.807) is 0 Å². The molecule has 3 heteroatoms. The molecule has 2 N–H and O–H groups in total. The molecule has 18 heavy (non-hydrogen) atoms. The summed E-state index contributed by atoms with van der Waals surface area (Å²) in [5.74, 6) is 2.60. The lowest BCUT2D eigenvalue weighted by molar-refractivity contribution is -0.0802. The second-order valence-electron chi connectivity index (χ2n) is 5.26. The predicted octanol–water partition coefficient (Wildman–Crippen LogP) is 1.01. The fourth-order valence-electron chi connectivity index (χ4n) is 3.03. The van der Waals surface area contributed by atoms with Gasteiger partial charge < -0.3 is 15.2 Å². The van der Waals surface area contributed by atoms with Gasteiger partial charge in [0.2, 0.25) is 0 Å². The fraction of sp³-hybridized carbons (Fsp3) is 0.467. The third-order valence-electron chi connectivity index (χ3n) is 3.87. The van der Waals surface area contributed by atoms with Crippen LogP contribution in [0, 0.1) is 12.3 Å². The van der Waals surface area contributed by atoms with Gasteiger partial charge in [0.15, 0.2) is 0 Å². The van der Waals surface area contributed by atoms with Crippen molar-refractivity contribution in [2.24, 2.45) is 0 Å². The van der Waals surface area contributed by atoms with Gasteiger partial charge in [0.25, 0.3) is 0 Å². The number of terminal acetylenes is 1. The SMILES string of the molecule is C#Cc1ccc(C2(O)CC3COCC(C2)N3)cc1. The molecule has 2 atom stereocenters. The number of piperidine rings is 1.